The van der Waals surface area contributed by atoms with Gasteiger partial charge in [-0.15, -0.1) is 0 Å². The molecule has 5 N–H and O–H groups in total. The maximum absolute atomic E-state index is 12.1. The first-order valence-electron chi connectivity index (χ1n) is 23.2. The van der Waals surface area contributed by atoms with Gasteiger partial charge in [-0.25, -0.2) is 4.79 Å². The van der Waals surface area contributed by atoms with Gasteiger partial charge in [-0.1, -0.05) is 24.4 Å². The number of azide groups is 1. The summed E-state index contributed by atoms with van der Waals surface area (Å²) in [6.45, 7) is 10.2. The van der Waals surface area contributed by atoms with Crippen molar-refractivity contribution in [3.8, 4) is 0 Å². The Hall–Kier alpha value is -3.02. The molecule has 21 nitrogen and oxygen atoms in total. The Labute approximate surface area is 383 Å². The minimum absolute atomic E-state index is 0.00666. The number of amides is 5. The van der Waals surface area contributed by atoms with Crippen molar-refractivity contribution in [1.82, 2.24) is 26.6 Å². The van der Waals surface area contributed by atoms with Crippen molar-refractivity contribution in [2.45, 2.75) is 94.4 Å². The van der Waals surface area contributed by atoms with Crippen LogP contribution in [0.2, 0.25) is 0 Å². The van der Waals surface area contributed by atoms with E-state index in [1.165, 1.54) is 0 Å². The molecule has 2 aliphatic rings. The normalized spacial score (nSPS) is 16.5. The monoisotopic (exact) mass is 935 g/mol. The Morgan fingerprint density at radius 3 is 1.36 bits per heavy atom. The van der Waals surface area contributed by atoms with Crippen molar-refractivity contribution in [1.29, 1.82) is 0 Å². The molecule has 22 heteroatoms. The van der Waals surface area contributed by atoms with Gasteiger partial charge >= 0.3 is 6.03 Å². The van der Waals surface area contributed by atoms with Gasteiger partial charge in [-0.3, -0.25) is 14.4 Å². The van der Waals surface area contributed by atoms with Gasteiger partial charge < -0.3 is 69.2 Å². The van der Waals surface area contributed by atoms with Crippen molar-refractivity contribution < 1.29 is 61.8 Å². The highest BCUT2D eigenvalue weighted by Crippen LogP contribution is 2.33. The third-order valence-corrected chi connectivity index (χ3v) is 11.3. The molecule has 2 rings (SSSR count). The predicted octanol–water partition coefficient (Wildman–Crippen LogP) is 2.64. The summed E-state index contributed by atoms with van der Waals surface area (Å²) in [5, 5.41) is 18.6. The van der Waals surface area contributed by atoms with E-state index in [0.29, 0.717) is 170 Å². The number of unbranched alkanes of at least 4 members (excludes halogenated alkanes) is 5. The van der Waals surface area contributed by atoms with E-state index in [0.717, 1.165) is 63.5 Å². The number of carbonyl (C=O) groups excluding carboxylic acids is 4. The summed E-state index contributed by atoms with van der Waals surface area (Å²) in [7, 11) is 0. The van der Waals surface area contributed by atoms with Gasteiger partial charge in [0.2, 0.25) is 17.7 Å². The van der Waals surface area contributed by atoms with Crippen LogP contribution >= 0.6 is 11.8 Å². The molecule has 0 aromatic rings. The molecule has 2 aliphatic heterocycles. The fourth-order valence-electron chi connectivity index (χ4n) is 6.44. The van der Waals surface area contributed by atoms with Crippen LogP contribution in [0, 0.1) is 0 Å². The lowest BCUT2D eigenvalue weighted by Crippen LogP contribution is -2.36. The maximum atomic E-state index is 12.1. The van der Waals surface area contributed by atoms with Crippen LogP contribution in [0.25, 0.3) is 10.4 Å². The zero-order valence-corrected chi connectivity index (χ0v) is 38.9. The SMILES string of the molecule is [N-]=[N+]=NCCOCCOCCOCCOCCOCCOCCOCCOCCOCCNC(=O)CCCCCNC(=O)CCCCCNC(=O)CCCC[C@@H]1SC[C@@H]2NC(=O)N[C@@H]21. The largest absolute Gasteiger partial charge is 0.379 e. The van der Waals surface area contributed by atoms with Gasteiger partial charge in [0.05, 0.1) is 131 Å². The molecule has 0 spiro atoms. The molecule has 2 fully saturated rings. The number of ether oxygens (including phenoxy) is 9. The lowest BCUT2D eigenvalue weighted by atomic mass is 10.0. The van der Waals surface area contributed by atoms with E-state index in [9.17, 15) is 19.2 Å². The molecule has 0 unspecified atom stereocenters. The molecule has 0 saturated carbocycles. The van der Waals surface area contributed by atoms with Crippen molar-refractivity contribution in [3.63, 3.8) is 0 Å². The molecular formula is C42H78N8O13S. The number of nitrogens with one attached hydrogen (secondary N) is 5. The number of hydrogen-bond acceptors (Lipinski definition) is 15. The molecule has 0 aromatic carbocycles. The van der Waals surface area contributed by atoms with Gasteiger partial charge in [-0.2, -0.15) is 11.8 Å². The molecule has 3 atom stereocenters. The maximum Gasteiger partial charge on any atom is 0.315 e. The molecule has 0 bridgehead atoms. The highest BCUT2D eigenvalue weighted by Gasteiger charge is 2.42. The van der Waals surface area contributed by atoms with E-state index < -0.39 is 0 Å². The second-order valence-corrected chi connectivity index (χ2v) is 16.3. The third-order valence-electron chi connectivity index (χ3n) is 9.83. The Bertz CT molecular complexity index is 1240. The Balaban J connectivity index is 1.18. The average Bonchev–Trinajstić information content (AvgIpc) is 3.85. The summed E-state index contributed by atoms with van der Waals surface area (Å²) in [5.41, 5.74) is 8.16. The minimum atomic E-state index is -0.0659. The van der Waals surface area contributed by atoms with Crippen LogP contribution in [0.15, 0.2) is 5.11 Å². The number of fused-ring (bicyclic) bond motifs is 1. The summed E-state index contributed by atoms with van der Waals surface area (Å²) in [5.74, 6) is 1.06. The molecule has 2 saturated heterocycles. The Morgan fingerprint density at radius 1 is 0.531 bits per heavy atom. The van der Waals surface area contributed by atoms with Crippen LogP contribution in [-0.2, 0) is 57.0 Å². The second kappa shape index (κ2) is 42.6. The molecule has 2 heterocycles. The summed E-state index contributed by atoms with van der Waals surface area (Å²) in [6.07, 6.45) is 9.24. The number of carbonyl (C=O) groups is 4. The number of urea groups is 1. The molecule has 370 valence electrons. The highest BCUT2D eigenvalue weighted by atomic mass is 32.2. The second-order valence-electron chi connectivity index (χ2n) is 15.0. The van der Waals surface area contributed by atoms with Crippen LogP contribution in [-0.4, -0.2) is 192 Å². The molecule has 0 radical (unpaired) electrons. The van der Waals surface area contributed by atoms with Crippen LogP contribution in [0.1, 0.15) is 77.0 Å². The van der Waals surface area contributed by atoms with Crippen molar-refractivity contribution in [3.05, 3.63) is 10.4 Å². The van der Waals surface area contributed by atoms with Crippen molar-refractivity contribution in [2.75, 3.05) is 151 Å². The van der Waals surface area contributed by atoms with Gasteiger partial charge in [0, 0.05) is 61.4 Å². The number of thioether (sulfide) groups is 1. The Morgan fingerprint density at radius 2 is 0.922 bits per heavy atom. The molecular weight excluding hydrogens is 857 g/mol. The van der Waals surface area contributed by atoms with E-state index in [4.69, 9.17) is 48.2 Å². The smallest absolute Gasteiger partial charge is 0.315 e. The number of nitrogens with zero attached hydrogens (tertiary/aromatic N) is 3. The van der Waals surface area contributed by atoms with E-state index >= 15 is 0 Å². The lowest BCUT2D eigenvalue weighted by molar-refractivity contribution is -0.122. The third kappa shape index (κ3) is 34.3. The van der Waals surface area contributed by atoms with Crippen LogP contribution in [0.3, 0.4) is 0 Å². The lowest BCUT2D eigenvalue weighted by Gasteiger charge is -2.16. The summed E-state index contributed by atoms with van der Waals surface area (Å²) < 4.78 is 48.9. The fourth-order valence-corrected chi connectivity index (χ4v) is 7.99. The number of rotatable bonds is 47. The molecule has 0 aromatic heterocycles. The topological polar surface area (TPSA) is 260 Å². The first-order valence-corrected chi connectivity index (χ1v) is 24.2. The molecule has 64 heavy (non-hydrogen) atoms. The summed E-state index contributed by atoms with van der Waals surface area (Å²) in [6, 6.07) is 0.386. The average molecular weight is 935 g/mol. The first-order chi connectivity index (χ1) is 31.5. The minimum Gasteiger partial charge on any atom is -0.379 e. The van der Waals surface area contributed by atoms with E-state index in [1.807, 2.05) is 11.8 Å². The van der Waals surface area contributed by atoms with E-state index in [2.05, 4.69) is 36.6 Å². The van der Waals surface area contributed by atoms with Crippen LogP contribution < -0.4 is 26.6 Å². The zero-order chi connectivity index (χ0) is 45.8. The standard InChI is InChI=1S/C42H78N8O13S/c43-50-47-16-18-56-20-22-58-24-26-60-28-30-62-32-34-63-33-31-61-29-27-59-25-23-57-21-19-55-17-15-46-40(53)11-4-2-8-13-44-38(51)10-3-1-7-14-45-39(52)12-6-5-9-37-41-36(35-64-37)48-42(54)49-41/h36-37,41H,1-35H2,(H,44,51)(H,45,52)(H,46,53)(H2,48,49,54)/t36-,37-,41-/m0/s1. The first kappa shape index (κ1) is 57.1. The Kier molecular flexibility index (Phi) is 38.0. The quantitative estimate of drug-likeness (QED) is 0.0193. The van der Waals surface area contributed by atoms with Gasteiger partial charge in [0.25, 0.3) is 0 Å². The predicted molar refractivity (Wildman–Crippen MR) is 241 cm³/mol. The van der Waals surface area contributed by atoms with Gasteiger partial charge in [0.1, 0.15) is 0 Å². The van der Waals surface area contributed by atoms with E-state index in [-0.39, 0.29) is 35.8 Å². The summed E-state index contributed by atoms with van der Waals surface area (Å²) >= 11 is 1.90. The van der Waals surface area contributed by atoms with Crippen LogP contribution in [0.4, 0.5) is 4.79 Å². The molecule has 5 amide bonds. The highest BCUT2D eigenvalue weighted by molar-refractivity contribution is 8.00. The van der Waals surface area contributed by atoms with Crippen molar-refractivity contribution >= 4 is 35.5 Å². The van der Waals surface area contributed by atoms with Crippen molar-refractivity contribution in [2.24, 2.45) is 5.11 Å². The fraction of sp³-hybridized carbons (Fsp3) is 0.905. The van der Waals surface area contributed by atoms with E-state index in [1.54, 1.807) is 0 Å². The van der Waals surface area contributed by atoms with Crippen LogP contribution in [0.5, 0.6) is 0 Å². The summed E-state index contributed by atoms with van der Waals surface area (Å²) in [4.78, 5) is 50.5. The van der Waals surface area contributed by atoms with Gasteiger partial charge in [0.15, 0.2) is 0 Å². The molecule has 0 aliphatic carbocycles. The zero-order valence-electron chi connectivity index (χ0n) is 38.0. The van der Waals surface area contributed by atoms with Gasteiger partial charge in [-0.05, 0) is 44.1 Å². The number of hydrogen-bond donors (Lipinski definition) is 5.